The smallest absolute Gasteiger partial charge is 0.387 e. The Bertz CT molecular complexity index is 774. The maximum Gasteiger partial charge on any atom is 0.472 e. The lowest BCUT2D eigenvalue weighted by Gasteiger charge is -2.23. The third-order valence-electron chi connectivity index (χ3n) is 7.20. The lowest BCUT2D eigenvalue weighted by atomic mass is 10.1. The molecule has 1 amide bonds. The average Bonchev–Trinajstić information content (AvgIpc) is 2.99. The minimum Gasteiger partial charge on any atom is -0.387 e. The number of aliphatic hydroxyl groups excluding tert-OH is 1. The Morgan fingerprint density at radius 2 is 1.23 bits per heavy atom. The lowest BCUT2D eigenvalue weighted by Crippen LogP contribution is -2.45. The summed E-state index contributed by atoms with van der Waals surface area (Å²) in [6, 6.07) is -0.877. The standard InChI is InChI=1S/C34H65N2O6P/c1-3-5-7-9-11-13-14-15-16-17-18-20-21-23-25-27-33(37)32(31-42-43(39,40)41-30-29-35)36-34(38)28-26-24-22-19-12-10-8-6-4-2/h14-15,18,20,25,27,32-33,37H,3-13,16-17,19,21-24,26,28-31,35H2,1-2H3,(H,36,38)(H,39,40)/b15-14+,20-18+,27-25+. The number of rotatable bonds is 31. The SMILES string of the molecule is CCCCCCC/C=C/CC/C=C/CC/C=C/C(O)C(COP(=O)(O)OCCN)NC(=O)CCCCCCCCCCC. The Labute approximate surface area is 263 Å². The summed E-state index contributed by atoms with van der Waals surface area (Å²) in [6.45, 7) is 4.03. The van der Waals surface area contributed by atoms with Crippen molar-refractivity contribution in [1.82, 2.24) is 5.32 Å². The van der Waals surface area contributed by atoms with E-state index in [0.29, 0.717) is 6.42 Å². The van der Waals surface area contributed by atoms with E-state index in [4.69, 9.17) is 14.8 Å². The van der Waals surface area contributed by atoms with Crippen LogP contribution in [0.15, 0.2) is 36.5 Å². The van der Waals surface area contributed by atoms with Gasteiger partial charge in [0.05, 0.1) is 25.4 Å². The second kappa shape index (κ2) is 30.7. The van der Waals surface area contributed by atoms with Crippen molar-refractivity contribution < 1.29 is 28.4 Å². The van der Waals surface area contributed by atoms with Gasteiger partial charge in [-0.25, -0.2) is 4.57 Å². The molecule has 0 heterocycles. The molecular formula is C34H65N2O6P. The molecule has 0 aromatic heterocycles. The minimum absolute atomic E-state index is 0.0719. The molecule has 0 rings (SSSR count). The molecule has 0 spiro atoms. The van der Waals surface area contributed by atoms with Crippen LogP contribution in [0.4, 0.5) is 0 Å². The summed E-state index contributed by atoms with van der Waals surface area (Å²) >= 11 is 0. The molecule has 9 heteroatoms. The van der Waals surface area contributed by atoms with Crippen LogP contribution in [0.3, 0.4) is 0 Å². The highest BCUT2D eigenvalue weighted by atomic mass is 31.2. The first-order chi connectivity index (χ1) is 20.9. The summed E-state index contributed by atoms with van der Waals surface area (Å²) in [5.74, 6) is -0.215. The number of nitrogens with two attached hydrogens (primary N) is 1. The number of hydrogen-bond acceptors (Lipinski definition) is 6. The molecule has 0 saturated heterocycles. The summed E-state index contributed by atoms with van der Waals surface area (Å²) in [4.78, 5) is 22.4. The number of carbonyl (C=O) groups excluding carboxylic acids is 1. The molecule has 0 aliphatic carbocycles. The number of hydrogen-bond donors (Lipinski definition) is 4. The number of nitrogens with one attached hydrogen (secondary N) is 1. The van der Waals surface area contributed by atoms with Crippen molar-refractivity contribution in [3.05, 3.63) is 36.5 Å². The second-order valence-electron chi connectivity index (χ2n) is 11.4. The molecule has 3 unspecified atom stereocenters. The normalized spacial score (nSPS) is 15.0. The molecule has 252 valence electrons. The zero-order valence-electron chi connectivity index (χ0n) is 27.4. The van der Waals surface area contributed by atoms with E-state index >= 15 is 0 Å². The Kier molecular flexibility index (Phi) is 29.8. The first kappa shape index (κ1) is 41.7. The van der Waals surface area contributed by atoms with Crippen LogP contribution in [0.2, 0.25) is 0 Å². The molecule has 0 bridgehead atoms. The first-order valence-corrected chi connectivity index (χ1v) is 18.6. The molecule has 0 aliphatic heterocycles. The topological polar surface area (TPSA) is 131 Å². The van der Waals surface area contributed by atoms with Gasteiger partial charge in [-0.3, -0.25) is 13.8 Å². The highest BCUT2D eigenvalue weighted by Gasteiger charge is 2.26. The van der Waals surface area contributed by atoms with Crippen LogP contribution in [0.5, 0.6) is 0 Å². The van der Waals surface area contributed by atoms with E-state index in [1.165, 1.54) is 77.0 Å². The number of phosphoric ester groups is 1. The number of unbranched alkanes of at least 4 members (excludes halogenated alkanes) is 15. The summed E-state index contributed by atoms with van der Waals surface area (Å²) in [5.41, 5.74) is 5.33. The van der Waals surface area contributed by atoms with Gasteiger partial charge in [-0.05, 0) is 44.9 Å². The van der Waals surface area contributed by atoms with E-state index in [9.17, 15) is 19.4 Å². The van der Waals surface area contributed by atoms with Crippen molar-refractivity contribution in [2.75, 3.05) is 19.8 Å². The number of phosphoric acid groups is 1. The van der Waals surface area contributed by atoms with Crippen LogP contribution in [0, 0.1) is 0 Å². The van der Waals surface area contributed by atoms with E-state index in [-0.39, 0.29) is 25.7 Å². The van der Waals surface area contributed by atoms with Crippen molar-refractivity contribution >= 4 is 13.7 Å². The van der Waals surface area contributed by atoms with E-state index in [2.05, 4.69) is 43.5 Å². The maximum absolute atomic E-state index is 12.6. The van der Waals surface area contributed by atoms with Gasteiger partial charge in [-0.15, -0.1) is 0 Å². The highest BCUT2D eigenvalue weighted by molar-refractivity contribution is 7.47. The van der Waals surface area contributed by atoms with Crippen LogP contribution in [-0.2, 0) is 18.4 Å². The number of amides is 1. The summed E-state index contributed by atoms with van der Waals surface area (Å²) in [5, 5.41) is 13.5. The van der Waals surface area contributed by atoms with E-state index < -0.39 is 20.0 Å². The molecule has 0 fully saturated rings. The van der Waals surface area contributed by atoms with Gasteiger partial charge in [-0.1, -0.05) is 127 Å². The second-order valence-corrected chi connectivity index (χ2v) is 12.8. The number of allylic oxidation sites excluding steroid dienone is 5. The first-order valence-electron chi connectivity index (χ1n) is 17.1. The van der Waals surface area contributed by atoms with Crippen molar-refractivity contribution in [2.24, 2.45) is 5.73 Å². The Balaban J connectivity index is 4.48. The fourth-order valence-electron chi connectivity index (χ4n) is 4.57. The monoisotopic (exact) mass is 628 g/mol. The average molecular weight is 629 g/mol. The summed E-state index contributed by atoms with van der Waals surface area (Å²) < 4.78 is 21.9. The predicted octanol–water partition coefficient (Wildman–Crippen LogP) is 8.43. The molecule has 0 aromatic carbocycles. The zero-order valence-corrected chi connectivity index (χ0v) is 28.3. The van der Waals surface area contributed by atoms with Gasteiger partial charge >= 0.3 is 7.82 Å². The van der Waals surface area contributed by atoms with Gasteiger partial charge in [0.15, 0.2) is 0 Å². The molecule has 0 radical (unpaired) electrons. The van der Waals surface area contributed by atoms with Gasteiger partial charge < -0.3 is 21.1 Å². The molecule has 8 nitrogen and oxygen atoms in total. The van der Waals surface area contributed by atoms with Gasteiger partial charge in [0.2, 0.25) is 5.91 Å². The number of carbonyl (C=O) groups is 1. The molecular weight excluding hydrogens is 563 g/mol. The van der Waals surface area contributed by atoms with Crippen LogP contribution in [0.1, 0.15) is 142 Å². The van der Waals surface area contributed by atoms with Crippen molar-refractivity contribution in [1.29, 1.82) is 0 Å². The van der Waals surface area contributed by atoms with Crippen molar-refractivity contribution in [2.45, 2.75) is 154 Å². The summed E-state index contributed by atoms with van der Waals surface area (Å²) in [7, 11) is -4.33. The van der Waals surface area contributed by atoms with Crippen LogP contribution < -0.4 is 11.1 Å². The predicted molar refractivity (Wildman–Crippen MR) is 180 cm³/mol. The lowest BCUT2D eigenvalue weighted by molar-refractivity contribution is -0.123. The molecule has 0 saturated carbocycles. The quantitative estimate of drug-likeness (QED) is 0.0344. The third kappa shape index (κ3) is 29.2. The van der Waals surface area contributed by atoms with Gasteiger partial charge in [0.1, 0.15) is 0 Å². The van der Waals surface area contributed by atoms with Gasteiger partial charge in [0.25, 0.3) is 0 Å². The van der Waals surface area contributed by atoms with E-state index in [1.807, 2.05) is 6.08 Å². The van der Waals surface area contributed by atoms with E-state index in [1.54, 1.807) is 6.08 Å². The zero-order chi connectivity index (χ0) is 31.9. The molecule has 0 aliphatic rings. The van der Waals surface area contributed by atoms with Crippen LogP contribution in [0.25, 0.3) is 0 Å². The third-order valence-corrected chi connectivity index (χ3v) is 8.18. The van der Waals surface area contributed by atoms with Crippen molar-refractivity contribution in [3.8, 4) is 0 Å². The Hall–Kier alpha value is -1.28. The highest BCUT2D eigenvalue weighted by Crippen LogP contribution is 2.43. The Morgan fingerprint density at radius 1 is 0.744 bits per heavy atom. The van der Waals surface area contributed by atoms with Gasteiger partial charge in [-0.2, -0.15) is 0 Å². The largest absolute Gasteiger partial charge is 0.472 e. The van der Waals surface area contributed by atoms with Crippen LogP contribution >= 0.6 is 7.82 Å². The molecule has 0 aromatic rings. The fraction of sp³-hybridized carbons (Fsp3) is 0.794. The molecule has 5 N–H and O–H groups in total. The minimum atomic E-state index is -4.33. The van der Waals surface area contributed by atoms with E-state index in [0.717, 1.165) is 44.9 Å². The molecule has 43 heavy (non-hydrogen) atoms. The summed E-state index contributed by atoms with van der Waals surface area (Å²) in [6.07, 6.45) is 33.4. The van der Waals surface area contributed by atoms with Crippen LogP contribution in [-0.4, -0.2) is 47.8 Å². The van der Waals surface area contributed by atoms with Gasteiger partial charge in [0, 0.05) is 13.0 Å². The fourth-order valence-corrected chi connectivity index (χ4v) is 5.33. The maximum atomic E-state index is 12.6. The molecule has 3 atom stereocenters. The van der Waals surface area contributed by atoms with Crippen molar-refractivity contribution in [3.63, 3.8) is 0 Å². The number of aliphatic hydroxyl groups is 1. The Morgan fingerprint density at radius 3 is 1.79 bits per heavy atom.